The normalized spacial score (nSPS) is 11.7. The molecule has 0 unspecified atom stereocenters. The number of rotatable bonds is 58. The van der Waals surface area contributed by atoms with Gasteiger partial charge in [0.05, 0.1) is 0 Å². The Labute approximate surface area is 442 Å². The van der Waals surface area contributed by atoms with Gasteiger partial charge in [-0.2, -0.15) is 0 Å². The third kappa shape index (κ3) is 52.9. The van der Waals surface area contributed by atoms with Crippen molar-refractivity contribution >= 4 is 59.0 Å². The van der Waals surface area contributed by atoms with Crippen molar-refractivity contribution in [3.8, 4) is 0 Å². The minimum Gasteiger partial charge on any atom is -0.0654 e. The van der Waals surface area contributed by atoms with Crippen LogP contribution in [0.25, 0.3) is 0 Å². The summed E-state index contributed by atoms with van der Waals surface area (Å²) in [7, 11) is 6.11. The summed E-state index contributed by atoms with van der Waals surface area (Å²) < 4.78 is 18.4. The summed E-state index contributed by atoms with van der Waals surface area (Å²) >= 11 is -3.12. The monoisotopic (exact) mass is 1140 g/mol. The summed E-state index contributed by atoms with van der Waals surface area (Å²) in [5, 5.41) is 0. The Morgan fingerprint density at radius 1 is 0.275 bits per heavy atom. The molecule has 0 N–H and O–H groups in total. The first-order valence-electron chi connectivity index (χ1n) is 30.3. The van der Waals surface area contributed by atoms with Gasteiger partial charge in [-0.15, -0.1) is 0 Å². The van der Waals surface area contributed by atoms with E-state index in [4.69, 9.17) is 14.2 Å². The maximum absolute atomic E-state index is 13.0. The van der Waals surface area contributed by atoms with Crippen molar-refractivity contribution in [3.05, 3.63) is 0 Å². The van der Waals surface area contributed by atoms with Crippen LogP contribution in [0.4, 0.5) is 0 Å². The van der Waals surface area contributed by atoms with Crippen LogP contribution in [0.15, 0.2) is 0 Å². The standard InChI is InChI=1S/3C17H34O2S.C8H17.Sn/c3*1-2-3-4-5-6-7-8-9-10-11-12-13-15-19-17(18)14-16-20;1-3-5-7-8-6-4-2;/h3*20H,2-16H2,1H3;1,3-8H2,2H3;/q;;;;+3/p-3. The first-order valence-corrected chi connectivity index (χ1v) is 45.8. The summed E-state index contributed by atoms with van der Waals surface area (Å²) in [5.41, 5.74) is 0. The Balaban J connectivity index is 5.01. The Morgan fingerprint density at radius 2 is 0.464 bits per heavy atom. The van der Waals surface area contributed by atoms with Gasteiger partial charge in [-0.05, 0) is 0 Å². The van der Waals surface area contributed by atoms with Crippen LogP contribution in [-0.4, -0.2) is 69.2 Å². The van der Waals surface area contributed by atoms with E-state index in [1.54, 1.807) is 0 Å². The van der Waals surface area contributed by atoms with Gasteiger partial charge in [-0.1, -0.05) is 136 Å². The summed E-state index contributed by atoms with van der Waals surface area (Å²) in [6.45, 7) is 10.7. The molecule has 69 heavy (non-hydrogen) atoms. The second-order valence-corrected chi connectivity index (χ2v) is 54.4. The first kappa shape index (κ1) is 69.3. The fourth-order valence-electron chi connectivity index (χ4n) is 8.94. The minimum atomic E-state index is -3.12. The Kier molecular flexibility index (Phi) is 57.8. The second-order valence-electron chi connectivity index (χ2n) is 20.3. The second kappa shape index (κ2) is 57.5. The van der Waals surface area contributed by atoms with Gasteiger partial charge in [-0.25, -0.2) is 0 Å². The predicted molar refractivity (Wildman–Crippen MR) is 311 cm³/mol. The average Bonchev–Trinajstić information content (AvgIpc) is 3.34. The summed E-state index contributed by atoms with van der Waals surface area (Å²) in [5.74, 6) is 2.04. The van der Waals surface area contributed by atoms with E-state index in [0.717, 1.165) is 55.8 Å². The van der Waals surface area contributed by atoms with Crippen LogP contribution in [0.2, 0.25) is 4.44 Å². The molecular weight excluding hydrogens is 1020 g/mol. The maximum atomic E-state index is 13.0. The molecule has 0 aromatic carbocycles. The zero-order valence-corrected chi connectivity index (χ0v) is 51.7. The van der Waals surface area contributed by atoms with E-state index in [2.05, 4.69) is 27.7 Å². The molecule has 0 atom stereocenters. The van der Waals surface area contributed by atoms with Crippen molar-refractivity contribution in [1.29, 1.82) is 0 Å². The molecule has 0 aromatic heterocycles. The Bertz CT molecular complexity index is 966. The molecule has 0 amide bonds. The van der Waals surface area contributed by atoms with E-state index < -0.39 is 14.2 Å². The molecule has 6 nitrogen and oxygen atoms in total. The smallest absolute Gasteiger partial charge is 0.0654 e. The fraction of sp³-hybridized carbons (Fsp3) is 0.949. The van der Waals surface area contributed by atoms with Gasteiger partial charge in [0, 0.05) is 0 Å². The zero-order valence-electron chi connectivity index (χ0n) is 46.4. The van der Waals surface area contributed by atoms with E-state index in [1.165, 1.54) is 236 Å². The van der Waals surface area contributed by atoms with Gasteiger partial charge < -0.3 is 0 Å². The molecule has 0 bridgehead atoms. The zero-order chi connectivity index (χ0) is 50.2. The molecule has 0 radical (unpaired) electrons. The molecule has 0 aliphatic rings. The number of carbonyl (C=O) groups is 3. The SMILES string of the molecule is CCCCCCCCCCCCCCOC(=O)CC[S][Sn]([CH2]CCCCCCC)([S]CCC(=O)OCCCCCCCCCCCCCC)[S]CCC(=O)OCCCCCCCCCCCCCC. The van der Waals surface area contributed by atoms with Gasteiger partial charge in [0.25, 0.3) is 0 Å². The van der Waals surface area contributed by atoms with Crippen molar-refractivity contribution < 1.29 is 28.6 Å². The number of ether oxygens (including phenoxy) is 3. The van der Waals surface area contributed by atoms with Gasteiger partial charge in [-0.3, -0.25) is 0 Å². The van der Waals surface area contributed by atoms with E-state index in [-0.39, 0.29) is 17.9 Å². The molecule has 0 spiro atoms. The molecule has 0 aliphatic carbocycles. The van der Waals surface area contributed by atoms with Gasteiger partial charge in [0.15, 0.2) is 0 Å². The third-order valence-corrected chi connectivity index (χ3v) is 53.7. The molecular formula is C59H116O6S3Sn. The number of carbonyl (C=O) groups excluding carboxylic acids is 3. The number of esters is 3. The molecule has 0 saturated heterocycles. The van der Waals surface area contributed by atoms with Gasteiger partial charge in [0.2, 0.25) is 0 Å². The molecule has 410 valence electrons. The van der Waals surface area contributed by atoms with E-state index in [9.17, 15) is 14.4 Å². The van der Waals surface area contributed by atoms with Crippen LogP contribution in [-0.2, 0) is 28.6 Å². The first-order chi connectivity index (χ1) is 33.9. The topological polar surface area (TPSA) is 78.9 Å². The average molecular weight is 1140 g/mol. The molecule has 0 aliphatic heterocycles. The quantitative estimate of drug-likeness (QED) is 0.0256. The summed E-state index contributed by atoms with van der Waals surface area (Å²) in [6.07, 6.45) is 55.4. The Morgan fingerprint density at radius 3 is 0.681 bits per heavy atom. The number of hydrogen-bond acceptors (Lipinski definition) is 9. The van der Waals surface area contributed by atoms with Gasteiger partial charge in [0.1, 0.15) is 0 Å². The fourth-order valence-corrected chi connectivity index (χ4v) is 47.8. The number of unbranched alkanes of at least 4 members (excludes halogenated alkanes) is 38. The molecule has 10 heteroatoms. The Hall–Kier alpha value is 0.259. The van der Waals surface area contributed by atoms with Crippen LogP contribution in [0.1, 0.15) is 317 Å². The van der Waals surface area contributed by atoms with E-state index in [0.29, 0.717) is 39.1 Å². The van der Waals surface area contributed by atoms with Crippen molar-refractivity contribution in [1.82, 2.24) is 0 Å². The van der Waals surface area contributed by atoms with Crippen LogP contribution < -0.4 is 0 Å². The van der Waals surface area contributed by atoms with Crippen molar-refractivity contribution in [2.75, 3.05) is 37.1 Å². The third-order valence-electron chi connectivity index (χ3n) is 13.5. The predicted octanol–water partition coefficient (Wildman–Crippen LogP) is 20.4. The van der Waals surface area contributed by atoms with Crippen molar-refractivity contribution in [2.45, 2.75) is 321 Å². The molecule has 0 rings (SSSR count). The van der Waals surface area contributed by atoms with E-state index in [1.807, 2.05) is 26.8 Å². The number of hydrogen-bond donors (Lipinski definition) is 0. The van der Waals surface area contributed by atoms with E-state index >= 15 is 0 Å². The molecule has 0 saturated carbocycles. The van der Waals surface area contributed by atoms with Crippen molar-refractivity contribution in [2.24, 2.45) is 0 Å². The van der Waals surface area contributed by atoms with Crippen LogP contribution in [0, 0.1) is 0 Å². The van der Waals surface area contributed by atoms with Gasteiger partial charge >= 0.3 is 309 Å². The van der Waals surface area contributed by atoms with Crippen molar-refractivity contribution in [3.63, 3.8) is 0 Å². The molecule has 0 heterocycles. The van der Waals surface area contributed by atoms with Crippen LogP contribution in [0.3, 0.4) is 0 Å². The molecule has 0 aromatic rings. The summed E-state index contributed by atoms with van der Waals surface area (Å²) in [6, 6.07) is 0. The summed E-state index contributed by atoms with van der Waals surface area (Å²) in [4.78, 5) is 38.9. The molecule has 0 fully saturated rings. The van der Waals surface area contributed by atoms with Crippen LogP contribution >= 0.6 is 26.8 Å². The minimum absolute atomic E-state index is 0.0805. The van der Waals surface area contributed by atoms with Crippen LogP contribution in [0.5, 0.6) is 0 Å².